The molecule has 0 aliphatic heterocycles. The number of pyridine rings is 1. The number of hydrogen-bond donors (Lipinski definition) is 0. The van der Waals surface area contributed by atoms with Crippen molar-refractivity contribution in [1.82, 2.24) is 4.98 Å². The molecule has 1 aliphatic carbocycles. The Morgan fingerprint density at radius 1 is 1.53 bits per heavy atom. The molecule has 17 heavy (non-hydrogen) atoms. The Kier molecular flexibility index (Phi) is 3.91. The third kappa shape index (κ3) is 2.93. The highest BCUT2D eigenvalue weighted by Crippen LogP contribution is 2.29. The quantitative estimate of drug-likeness (QED) is 0.751. The van der Waals surface area contributed by atoms with Crippen LogP contribution in [0.2, 0.25) is 0 Å². The molecule has 0 unspecified atom stereocenters. The first-order valence-electron chi connectivity index (χ1n) is 6.08. The Hall–Kier alpha value is -1.64. The van der Waals surface area contributed by atoms with Crippen molar-refractivity contribution in [2.24, 2.45) is 5.92 Å². The Bertz CT molecular complexity index is 411. The number of carbonyl (C=O) groups is 1. The molecule has 0 N–H and O–H groups in total. The van der Waals surface area contributed by atoms with Gasteiger partial charge in [0.15, 0.2) is 0 Å². The maximum Gasteiger partial charge on any atom is 0.309 e. The van der Waals surface area contributed by atoms with Gasteiger partial charge in [0.2, 0.25) is 0 Å². The van der Waals surface area contributed by atoms with Crippen LogP contribution in [0.25, 0.3) is 5.57 Å². The minimum absolute atomic E-state index is 0.0300. The largest absolute Gasteiger partial charge is 0.466 e. The Morgan fingerprint density at radius 3 is 3.00 bits per heavy atom. The fourth-order valence-corrected chi connectivity index (χ4v) is 2.09. The van der Waals surface area contributed by atoms with Gasteiger partial charge >= 0.3 is 5.97 Å². The third-order valence-corrected chi connectivity index (χ3v) is 3.02. The molecule has 90 valence electrons. The minimum Gasteiger partial charge on any atom is -0.466 e. The van der Waals surface area contributed by atoms with Gasteiger partial charge in [-0.1, -0.05) is 12.1 Å². The first kappa shape index (κ1) is 11.8. The zero-order chi connectivity index (χ0) is 12.1. The predicted octanol–water partition coefficient (Wildman–Crippen LogP) is 2.83. The predicted molar refractivity (Wildman–Crippen MR) is 66.2 cm³/mol. The number of allylic oxidation sites excluding steroid dienone is 2. The van der Waals surface area contributed by atoms with Crippen LogP contribution in [0, 0.1) is 5.92 Å². The molecule has 3 heteroatoms. The van der Waals surface area contributed by atoms with Gasteiger partial charge < -0.3 is 4.74 Å². The lowest BCUT2D eigenvalue weighted by atomic mass is 9.88. The van der Waals surface area contributed by atoms with Crippen LogP contribution in [0.3, 0.4) is 0 Å². The van der Waals surface area contributed by atoms with E-state index in [0.717, 1.165) is 25.0 Å². The molecule has 0 fully saturated rings. The van der Waals surface area contributed by atoms with E-state index in [9.17, 15) is 4.79 Å². The Balaban J connectivity index is 2.00. The van der Waals surface area contributed by atoms with Gasteiger partial charge in [-0.15, -0.1) is 0 Å². The molecule has 1 aromatic rings. The number of esters is 1. The first-order chi connectivity index (χ1) is 8.31. The fraction of sp³-hybridized carbons (Fsp3) is 0.429. The maximum absolute atomic E-state index is 11.6. The molecule has 1 atom stereocenters. The van der Waals surface area contributed by atoms with Crippen LogP contribution in [0.15, 0.2) is 30.5 Å². The average molecular weight is 231 g/mol. The van der Waals surface area contributed by atoms with Crippen molar-refractivity contribution in [3.8, 4) is 0 Å². The summed E-state index contributed by atoms with van der Waals surface area (Å²) in [5, 5.41) is 0. The lowest BCUT2D eigenvalue weighted by Crippen LogP contribution is -2.19. The van der Waals surface area contributed by atoms with Crippen molar-refractivity contribution in [2.45, 2.75) is 26.2 Å². The average Bonchev–Trinajstić information content (AvgIpc) is 2.40. The van der Waals surface area contributed by atoms with Crippen LogP contribution in [-0.4, -0.2) is 17.6 Å². The van der Waals surface area contributed by atoms with E-state index in [1.54, 1.807) is 6.20 Å². The van der Waals surface area contributed by atoms with Crippen molar-refractivity contribution >= 4 is 11.5 Å². The van der Waals surface area contributed by atoms with Crippen molar-refractivity contribution in [2.75, 3.05) is 6.61 Å². The van der Waals surface area contributed by atoms with Crippen LogP contribution >= 0.6 is 0 Å². The summed E-state index contributed by atoms with van der Waals surface area (Å²) in [6, 6.07) is 5.91. The van der Waals surface area contributed by atoms with Gasteiger partial charge in [-0.2, -0.15) is 0 Å². The van der Waals surface area contributed by atoms with Crippen molar-refractivity contribution in [3.63, 3.8) is 0 Å². The van der Waals surface area contributed by atoms with Gasteiger partial charge in [-0.25, -0.2) is 0 Å². The number of hydrogen-bond acceptors (Lipinski definition) is 3. The summed E-state index contributed by atoms with van der Waals surface area (Å²) >= 11 is 0. The van der Waals surface area contributed by atoms with E-state index in [2.05, 4.69) is 11.1 Å². The van der Waals surface area contributed by atoms with Crippen molar-refractivity contribution in [3.05, 3.63) is 36.2 Å². The molecular weight excluding hydrogens is 214 g/mol. The summed E-state index contributed by atoms with van der Waals surface area (Å²) in [5.74, 6) is -0.0359. The van der Waals surface area contributed by atoms with E-state index in [1.807, 2.05) is 25.1 Å². The SMILES string of the molecule is CCOC(=O)[C@H]1CC=C(c2ccccn2)CC1. The molecule has 0 bridgehead atoms. The van der Waals surface area contributed by atoms with Gasteiger partial charge in [0.25, 0.3) is 0 Å². The smallest absolute Gasteiger partial charge is 0.309 e. The van der Waals surface area contributed by atoms with Crippen LogP contribution in [0.4, 0.5) is 0 Å². The zero-order valence-electron chi connectivity index (χ0n) is 10.1. The topological polar surface area (TPSA) is 39.2 Å². The van der Waals surface area contributed by atoms with E-state index < -0.39 is 0 Å². The monoisotopic (exact) mass is 231 g/mol. The Labute approximate surface area is 102 Å². The van der Waals surface area contributed by atoms with Crippen LogP contribution < -0.4 is 0 Å². The summed E-state index contributed by atoms with van der Waals surface area (Å²) in [6.07, 6.45) is 6.45. The molecule has 0 saturated heterocycles. The standard InChI is InChI=1S/C14H17NO2/c1-2-17-14(16)12-8-6-11(7-9-12)13-5-3-4-10-15-13/h3-6,10,12H,2,7-9H2,1H3/t12-/m0/s1. The molecule has 3 nitrogen and oxygen atoms in total. The number of ether oxygens (including phenoxy) is 1. The molecule has 1 heterocycles. The second-order valence-electron chi connectivity index (χ2n) is 4.17. The number of carbonyl (C=O) groups excluding carboxylic acids is 1. The van der Waals surface area contributed by atoms with Crippen molar-refractivity contribution in [1.29, 1.82) is 0 Å². The van der Waals surface area contributed by atoms with Gasteiger partial charge in [-0.3, -0.25) is 9.78 Å². The van der Waals surface area contributed by atoms with Gasteiger partial charge in [-0.05, 0) is 43.9 Å². The molecule has 0 amide bonds. The van der Waals surface area contributed by atoms with Gasteiger partial charge in [0.05, 0.1) is 18.2 Å². The zero-order valence-corrected chi connectivity index (χ0v) is 10.1. The lowest BCUT2D eigenvalue weighted by Gasteiger charge is -2.20. The van der Waals surface area contributed by atoms with Crippen LogP contribution in [-0.2, 0) is 9.53 Å². The highest BCUT2D eigenvalue weighted by atomic mass is 16.5. The molecule has 1 aliphatic rings. The normalized spacial score (nSPS) is 19.6. The highest BCUT2D eigenvalue weighted by Gasteiger charge is 2.23. The molecule has 0 radical (unpaired) electrons. The Morgan fingerprint density at radius 2 is 2.41 bits per heavy atom. The summed E-state index contributed by atoms with van der Waals surface area (Å²) in [6.45, 7) is 2.31. The van der Waals surface area contributed by atoms with E-state index in [0.29, 0.717) is 6.61 Å². The number of aromatic nitrogens is 1. The third-order valence-electron chi connectivity index (χ3n) is 3.02. The first-order valence-corrected chi connectivity index (χ1v) is 6.08. The second kappa shape index (κ2) is 5.62. The molecule has 0 saturated carbocycles. The highest BCUT2D eigenvalue weighted by molar-refractivity contribution is 5.75. The van der Waals surface area contributed by atoms with Crippen LogP contribution in [0.5, 0.6) is 0 Å². The van der Waals surface area contributed by atoms with E-state index in [1.165, 1.54) is 5.57 Å². The van der Waals surface area contributed by atoms with E-state index in [-0.39, 0.29) is 11.9 Å². The van der Waals surface area contributed by atoms with Crippen LogP contribution in [0.1, 0.15) is 31.9 Å². The summed E-state index contributed by atoms with van der Waals surface area (Å²) in [4.78, 5) is 15.9. The van der Waals surface area contributed by atoms with Gasteiger partial charge in [0.1, 0.15) is 0 Å². The molecule has 0 spiro atoms. The second-order valence-corrected chi connectivity index (χ2v) is 4.17. The summed E-state index contributed by atoms with van der Waals surface area (Å²) in [7, 11) is 0. The fourth-order valence-electron chi connectivity index (χ4n) is 2.09. The van der Waals surface area contributed by atoms with Crippen molar-refractivity contribution < 1.29 is 9.53 Å². The maximum atomic E-state index is 11.6. The summed E-state index contributed by atoms with van der Waals surface area (Å²) < 4.78 is 5.04. The lowest BCUT2D eigenvalue weighted by molar-refractivity contribution is -0.148. The van der Waals surface area contributed by atoms with E-state index >= 15 is 0 Å². The minimum atomic E-state index is -0.0659. The van der Waals surface area contributed by atoms with E-state index in [4.69, 9.17) is 4.74 Å². The number of rotatable bonds is 3. The molecule has 0 aromatic carbocycles. The molecule has 1 aromatic heterocycles. The molecular formula is C14H17NO2. The van der Waals surface area contributed by atoms with Gasteiger partial charge in [0, 0.05) is 6.20 Å². The summed E-state index contributed by atoms with van der Waals surface area (Å²) in [5.41, 5.74) is 2.26. The molecule has 2 rings (SSSR count). The number of nitrogens with zero attached hydrogens (tertiary/aromatic N) is 1.